The number of hydrogen-bond donors (Lipinski definition) is 2. The van der Waals surface area contributed by atoms with E-state index in [0.29, 0.717) is 0 Å². The molecule has 0 heterocycles. The number of rotatable bonds is 2. The van der Waals surface area contributed by atoms with Crippen LogP contribution in [0, 0.1) is 0 Å². The number of carboxylic acid groups (broad SMARTS) is 1. The van der Waals surface area contributed by atoms with Gasteiger partial charge in [-0.2, -0.15) is 0 Å². The number of carbonyl (C=O) groups is 2. The Kier molecular flexibility index (Phi) is 3.68. The van der Waals surface area contributed by atoms with Gasteiger partial charge in [0.25, 0.3) is 0 Å². The molecule has 0 aliphatic heterocycles. The van der Waals surface area contributed by atoms with Gasteiger partial charge in [-0.25, -0.2) is 4.79 Å². The number of hydrogen-bond acceptors (Lipinski definition) is 2. The zero-order chi connectivity index (χ0) is 10.6. The van der Waals surface area contributed by atoms with Crippen LogP contribution >= 0.6 is 0 Å². The lowest BCUT2D eigenvalue weighted by Crippen LogP contribution is -2.27. The molecule has 0 unspecified atom stereocenters. The smallest absolute Gasteiger partial charge is 0.352 e. The normalized spacial score (nSPS) is 16.2. The third kappa shape index (κ3) is 2.87. The fourth-order valence-corrected chi connectivity index (χ4v) is 1.70. The molecule has 1 aliphatic rings. The van der Waals surface area contributed by atoms with Crippen molar-refractivity contribution in [1.82, 2.24) is 5.32 Å². The summed E-state index contributed by atoms with van der Waals surface area (Å²) in [6, 6.07) is 0. The SMILES string of the molecule is CC(=O)NC(C(=O)O)=C1CCCCC1. The van der Waals surface area contributed by atoms with Crippen LogP contribution < -0.4 is 5.32 Å². The molecular weight excluding hydrogens is 182 g/mol. The predicted octanol–water partition coefficient (Wildman–Crippen LogP) is 1.43. The van der Waals surface area contributed by atoms with E-state index in [2.05, 4.69) is 5.32 Å². The first kappa shape index (κ1) is 10.8. The molecule has 1 saturated carbocycles. The van der Waals surface area contributed by atoms with Crippen molar-refractivity contribution in [3.8, 4) is 0 Å². The lowest BCUT2D eigenvalue weighted by atomic mass is 9.93. The summed E-state index contributed by atoms with van der Waals surface area (Å²) in [6.45, 7) is 1.33. The second-order valence-corrected chi connectivity index (χ2v) is 3.53. The Balaban J connectivity index is 2.82. The number of aliphatic carboxylic acids is 1. The standard InChI is InChI=1S/C10H15NO3/c1-7(12)11-9(10(13)14)8-5-3-2-4-6-8/h2-6H2,1H3,(H,11,12)(H,13,14). The van der Waals surface area contributed by atoms with Gasteiger partial charge >= 0.3 is 5.97 Å². The van der Waals surface area contributed by atoms with Crippen LogP contribution in [0.5, 0.6) is 0 Å². The van der Waals surface area contributed by atoms with Gasteiger partial charge in [-0.1, -0.05) is 6.42 Å². The van der Waals surface area contributed by atoms with E-state index in [1.807, 2.05) is 0 Å². The number of nitrogens with one attached hydrogen (secondary N) is 1. The first-order valence-electron chi connectivity index (χ1n) is 4.84. The van der Waals surface area contributed by atoms with Crippen molar-refractivity contribution < 1.29 is 14.7 Å². The first-order valence-corrected chi connectivity index (χ1v) is 4.84. The highest BCUT2D eigenvalue weighted by atomic mass is 16.4. The van der Waals surface area contributed by atoms with Gasteiger partial charge in [-0.3, -0.25) is 4.79 Å². The minimum Gasteiger partial charge on any atom is -0.477 e. The fourth-order valence-electron chi connectivity index (χ4n) is 1.70. The van der Waals surface area contributed by atoms with E-state index in [9.17, 15) is 9.59 Å². The highest BCUT2D eigenvalue weighted by Gasteiger charge is 2.17. The van der Waals surface area contributed by atoms with Gasteiger partial charge in [-0.15, -0.1) is 0 Å². The van der Waals surface area contributed by atoms with Crippen LogP contribution in [-0.2, 0) is 9.59 Å². The summed E-state index contributed by atoms with van der Waals surface area (Å²) in [5.41, 5.74) is 0.969. The van der Waals surface area contributed by atoms with Crippen LogP contribution in [0.2, 0.25) is 0 Å². The quantitative estimate of drug-likeness (QED) is 0.658. The van der Waals surface area contributed by atoms with Gasteiger partial charge in [0.15, 0.2) is 0 Å². The molecule has 1 fully saturated rings. The number of carboxylic acids is 1. The van der Waals surface area contributed by atoms with Gasteiger partial charge in [0.2, 0.25) is 5.91 Å². The average Bonchev–Trinajstić information content (AvgIpc) is 2.15. The molecule has 0 radical (unpaired) electrons. The lowest BCUT2D eigenvalue weighted by Gasteiger charge is -2.16. The monoisotopic (exact) mass is 197 g/mol. The molecule has 4 heteroatoms. The molecule has 1 aliphatic carbocycles. The molecule has 4 nitrogen and oxygen atoms in total. The summed E-state index contributed by atoms with van der Waals surface area (Å²) in [6.07, 6.45) is 4.78. The summed E-state index contributed by atoms with van der Waals surface area (Å²) in [5, 5.41) is 11.3. The molecule has 0 aromatic carbocycles. The van der Waals surface area contributed by atoms with Crippen LogP contribution in [0.4, 0.5) is 0 Å². The largest absolute Gasteiger partial charge is 0.477 e. The summed E-state index contributed by atoms with van der Waals surface area (Å²) in [5.74, 6) is -1.35. The molecule has 14 heavy (non-hydrogen) atoms. The van der Waals surface area contributed by atoms with Crippen LogP contribution in [-0.4, -0.2) is 17.0 Å². The Morgan fingerprint density at radius 2 is 1.79 bits per heavy atom. The van der Waals surface area contributed by atoms with E-state index in [1.165, 1.54) is 6.92 Å². The Bertz CT molecular complexity index is 273. The summed E-state index contributed by atoms with van der Waals surface area (Å²) in [7, 11) is 0. The van der Waals surface area contributed by atoms with E-state index in [-0.39, 0.29) is 11.6 Å². The van der Waals surface area contributed by atoms with Gasteiger partial charge in [-0.05, 0) is 31.3 Å². The highest BCUT2D eigenvalue weighted by Crippen LogP contribution is 2.24. The fraction of sp³-hybridized carbons (Fsp3) is 0.600. The van der Waals surface area contributed by atoms with Crippen LogP contribution in [0.1, 0.15) is 39.0 Å². The summed E-state index contributed by atoms with van der Waals surface area (Å²) < 4.78 is 0. The first-order chi connectivity index (χ1) is 6.61. The van der Waals surface area contributed by atoms with Crippen molar-refractivity contribution in [3.63, 3.8) is 0 Å². The van der Waals surface area contributed by atoms with Crippen molar-refractivity contribution in [1.29, 1.82) is 0 Å². The van der Waals surface area contributed by atoms with E-state index in [4.69, 9.17) is 5.11 Å². The van der Waals surface area contributed by atoms with Gasteiger partial charge in [0, 0.05) is 6.92 Å². The third-order valence-corrected chi connectivity index (χ3v) is 2.33. The highest BCUT2D eigenvalue weighted by molar-refractivity contribution is 5.92. The molecule has 0 bridgehead atoms. The van der Waals surface area contributed by atoms with Crippen molar-refractivity contribution in [2.24, 2.45) is 0 Å². The van der Waals surface area contributed by atoms with E-state index in [0.717, 1.165) is 37.7 Å². The molecule has 0 atom stereocenters. The van der Waals surface area contributed by atoms with E-state index < -0.39 is 5.97 Å². The average molecular weight is 197 g/mol. The van der Waals surface area contributed by atoms with Gasteiger partial charge in [0.1, 0.15) is 5.70 Å². The molecule has 0 aromatic rings. The van der Waals surface area contributed by atoms with Gasteiger partial charge < -0.3 is 10.4 Å². The zero-order valence-corrected chi connectivity index (χ0v) is 8.30. The van der Waals surface area contributed by atoms with Crippen LogP contribution in [0.25, 0.3) is 0 Å². The van der Waals surface area contributed by atoms with Crippen LogP contribution in [0.15, 0.2) is 11.3 Å². The van der Waals surface area contributed by atoms with Crippen LogP contribution in [0.3, 0.4) is 0 Å². The zero-order valence-electron chi connectivity index (χ0n) is 8.30. The number of amides is 1. The second-order valence-electron chi connectivity index (χ2n) is 3.53. The predicted molar refractivity (Wildman–Crippen MR) is 51.6 cm³/mol. The van der Waals surface area contributed by atoms with Crippen molar-refractivity contribution in [3.05, 3.63) is 11.3 Å². The molecular formula is C10H15NO3. The van der Waals surface area contributed by atoms with Gasteiger partial charge in [0.05, 0.1) is 0 Å². The maximum absolute atomic E-state index is 10.9. The molecule has 78 valence electrons. The third-order valence-electron chi connectivity index (χ3n) is 2.33. The van der Waals surface area contributed by atoms with Crippen molar-refractivity contribution >= 4 is 11.9 Å². The maximum Gasteiger partial charge on any atom is 0.352 e. The minimum absolute atomic E-state index is 0.0946. The molecule has 0 saturated heterocycles. The van der Waals surface area contributed by atoms with Crippen molar-refractivity contribution in [2.45, 2.75) is 39.0 Å². The number of allylic oxidation sites excluding steroid dienone is 1. The number of carbonyl (C=O) groups excluding carboxylic acids is 1. The van der Waals surface area contributed by atoms with E-state index in [1.54, 1.807) is 0 Å². The Labute approximate surface area is 83.0 Å². The molecule has 0 aromatic heterocycles. The Hall–Kier alpha value is -1.32. The summed E-state index contributed by atoms with van der Waals surface area (Å²) >= 11 is 0. The lowest BCUT2D eigenvalue weighted by molar-refractivity contribution is -0.134. The van der Waals surface area contributed by atoms with Crippen molar-refractivity contribution in [2.75, 3.05) is 0 Å². The molecule has 1 rings (SSSR count). The Morgan fingerprint density at radius 3 is 2.21 bits per heavy atom. The van der Waals surface area contributed by atoms with E-state index >= 15 is 0 Å². The molecule has 0 spiro atoms. The second kappa shape index (κ2) is 4.79. The topological polar surface area (TPSA) is 66.4 Å². The summed E-state index contributed by atoms with van der Waals surface area (Å²) in [4.78, 5) is 21.7. The molecule has 2 N–H and O–H groups in total. The molecule has 1 amide bonds. The Morgan fingerprint density at radius 1 is 1.21 bits per heavy atom. The maximum atomic E-state index is 10.9. The minimum atomic E-state index is -1.03.